The number of hydrogen-bond donors (Lipinski definition) is 1. The lowest BCUT2D eigenvalue weighted by Crippen LogP contribution is -2.45. The molecule has 1 aliphatic heterocycles. The molecule has 0 unspecified atom stereocenters. The molecule has 2 aromatic heterocycles. The number of aryl methyl sites for hydroxylation is 1. The van der Waals surface area contributed by atoms with Gasteiger partial charge in [0.05, 0.1) is 11.6 Å². The highest BCUT2D eigenvalue weighted by Gasteiger charge is 2.37. The van der Waals surface area contributed by atoms with Crippen molar-refractivity contribution in [2.24, 2.45) is 13.0 Å². The normalized spacial score (nSPS) is 20.1. The molecule has 0 amide bonds. The number of aromatic nitrogens is 4. The van der Waals surface area contributed by atoms with Crippen LogP contribution in [0.5, 0.6) is 0 Å². The maximum absolute atomic E-state index is 12.7. The van der Waals surface area contributed by atoms with E-state index in [1.165, 1.54) is 18.9 Å². The number of alkyl halides is 3. The number of anilines is 1. The lowest BCUT2D eigenvalue weighted by molar-refractivity contribution is -0.137. The number of rotatable bonds is 5. The first-order valence-electron chi connectivity index (χ1n) is 9.30. The number of piperidine rings is 1. The molecular formula is C18H23F3N6. The van der Waals surface area contributed by atoms with Gasteiger partial charge in [0.1, 0.15) is 18.0 Å². The van der Waals surface area contributed by atoms with Crippen molar-refractivity contribution in [1.82, 2.24) is 25.1 Å². The number of hydrogen-bond acceptors (Lipinski definition) is 5. The second-order valence-corrected chi connectivity index (χ2v) is 7.39. The highest BCUT2D eigenvalue weighted by molar-refractivity contribution is 5.40. The molecule has 146 valence electrons. The van der Waals surface area contributed by atoms with Crippen LogP contribution in [0.2, 0.25) is 0 Å². The molecule has 1 N–H and O–H groups in total. The van der Waals surface area contributed by atoms with Crippen LogP contribution >= 0.6 is 0 Å². The Labute approximate surface area is 155 Å². The second-order valence-electron chi connectivity index (χ2n) is 7.39. The third kappa shape index (κ3) is 4.07. The van der Waals surface area contributed by atoms with Gasteiger partial charge in [-0.1, -0.05) is 0 Å². The maximum atomic E-state index is 12.7. The summed E-state index contributed by atoms with van der Waals surface area (Å²) in [6, 6.07) is 3.14. The van der Waals surface area contributed by atoms with E-state index in [0.717, 1.165) is 44.0 Å². The first-order chi connectivity index (χ1) is 12.9. The van der Waals surface area contributed by atoms with Gasteiger partial charge in [-0.05, 0) is 43.7 Å². The lowest BCUT2D eigenvalue weighted by atomic mass is 10.0. The van der Waals surface area contributed by atoms with Crippen LogP contribution in [0.1, 0.15) is 43.1 Å². The van der Waals surface area contributed by atoms with E-state index >= 15 is 0 Å². The largest absolute Gasteiger partial charge is 0.417 e. The van der Waals surface area contributed by atoms with Gasteiger partial charge in [-0.25, -0.2) is 9.97 Å². The number of nitrogens with zero attached hydrogens (tertiary/aromatic N) is 5. The summed E-state index contributed by atoms with van der Waals surface area (Å²) in [4.78, 5) is 10.5. The van der Waals surface area contributed by atoms with Gasteiger partial charge in [0.25, 0.3) is 0 Å². The van der Waals surface area contributed by atoms with Crippen molar-refractivity contribution in [3.8, 4) is 0 Å². The maximum Gasteiger partial charge on any atom is 0.417 e. The molecule has 1 atom stereocenters. The zero-order chi connectivity index (χ0) is 19.0. The van der Waals surface area contributed by atoms with Crippen LogP contribution < -0.4 is 10.2 Å². The van der Waals surface area contributed by atoms with Crippen molar-refractivity contribution >= 4 is 5.82 Å². The molecule has 0 radical (unpaired) electrons. The predicted octanol–water partition coefficient (Wildman–Crippen LogP) is 2.94. The summed E-state index contributed by atoms with van der Waals surface area (Å²) >= 11 is 0. The topological polar surface area (TPSA) is 58.9 Å². The Hall–Kier alpha value is -2.16. The van der Waals surface area contributed by atoms with E-state index in [1.807, 2.05) is 16.6 Å². The molecule has 0 bridgehead atoms. The molecular weight excluding hydrogens is 357 g/mol. The first-order valence-corrected chi connectivity index (χ1v) is 9.30. The van der Waals surface area contributed by atoms with Gasteiger partial charge >= 0.3 is 6.18 Å². The highest BCUT2D eigenvalue weighted by atomic mass is 19.4. The number of nitrogens with one attached hydrogen (secondary N) is 1. The van der Waals surface area contributed by atoms with E-state index in [-0.39, 0.29) is 6.04 Å². The van der Waals surface area contributed by atoms with E-state index < -0.39 is 11.7 Å². The summed E-state index contributed by atoms with van der Waals surface area (Å²) in [7, 11) is 1.91. The molecule has 27 heavy (non-hydrogen) atoms. The minimum Gasteiger partial charge on any atom is -0.357 e. The summed E-state index contributed by atoms with van der Waals surface area (Å²) in [6.07, 6.45) is 2.41. The van der Waals surface area contributed by atoms with Gasteiger partial charge in [-0.2, -0.15) is 18.3 Å². The van der Waals surface area contributed by atoms with Gasteiger partial charge in [0.15, 0.2) is 0 Å². The first kappa shape index (κ1) is 18.2. The molecule has 0 spiro atoms. The Kier molecular flexibility index (Phi) is 4.79. The van der Waals surface area contributed by atoms with Crippen molar-refractivity contribution in [3.63, 3.8) is 0 Å². The van der Waals surface area contributed by atoms with Crippen LogP contribution in [-0.2, 0) is 13.2 Å². The van der Waals surface area contributed by atoms with Crippen molar-refractivity contribution in [3.05, 3.63) is 36.0 Å². The standard InChI is InChI=1S/C18H23F3N6/c1-26-17(23-11-24-26)16(12-2-3-12)25-14-6-8-27(9-7-14)15-5-4-13(10-22-15)18(19,20)21/h4-5,10-12,14,16,25H,2-3,6-9H2,1H3/t16-/m0/s1. The highest BCUT2D eigenvalue weighted by Crippen LogP contribution is 2.41. The SMILES string of the molecule is Cn1ncnc1[C@@H](NC1CCN(c2ccc(C(F)(F)F)cn2)CC1)C1CC1. The van der Waals surface area contributed by atoms with E-state index in [1.54, 1.807) is 6.33 Å². The molecule has 2 aromatic rings. The summed E-state index contributed by atoms with van der Waals surface area (Å²) in [5.74, 6) is 2.19. The van der Waals surface area contributed by atoms with Gasteiger partial charge in [0, 0.05) is 32.4 Å². The quantitative estimate of drug-likeness (QED) is 0.864. The fourth-order valence-electron chi connectivity index (χ4n) is 3.71. The summed E-state index contributed by atoms with van der Waals surface area (Å²) in [5, 5.41) is 7.93. The average molecular weight is 380 g/mol. The van der Waals surface area contributed by atoms with Crippen molar-refractivity contribution in [2.75, 3.05) is 18.0 Å². The van der Waals surface area contributed by atoms with Crippen molar-refractivity contribution in [1.29, 1.82) is 0 Å². The summed E-state index contributed by atoms with van der Waals surface area (Å²) < 4.78 is 39.9. The van der Waals surface area contributed by atoms with E-state index in [2.05, 4.69) is 20.4 Å². The minimum atomic E-state index is -4.35. The molecule has 1 saturated carbocycles. The molecule has 4 rings (SSSR count). The van der Waals surface area contributed by atoms with Crippen molar-refractivity contribution < 1.29 is 13.2 Å². The second kappa shape index (κ2) is 7.10. The summed E-state index contributed by atoms with van der Waals surface area (Å²) in [5.41, 5.74) is -0.709. The zero-order valence-corrected chi connectivity index (χ0v) is 15.2. The Morgan fingerprint density at radius 2 is 1.85 bits per heavy atom. The van der Waals surface area contributed by atoms with Gasteiger partial charge in [-0.3, -0.25) is 4.68 Å². The molecule has 3 heterocycles. The average Bonchev–Trinajstić information content (AvgIpc) is 3.41. The van der Waals surface area contributed by atoms with Crippen LogP contribution in [0.25, 0.3) is 0 Å². The van der Waals surface area contributed by atoms with Crippen LogP contribution in [0.4, 0.5) is 19.0 Å². The van der Waals surface area contributed by atoms with Crippen LogP contribution in [0, 0.1) is 5.92 Å². The fourth-order valence-corrected chi connectivity index (χ4v) is 3.71. The van der Waals surface area contributed by atoms with Gasteiger partial charge in [0.2, 0.25) is 0 Å². The van der Waals surface area contributed by atoms with Crippen LogP contribution in [0.3, 0.4) is 0 Å². The Morgan fingerprint density at radius 1 is 1.11 bits per heavy atom. The van der Waals surface area contributed by atoms with Crippen LogP contribution in [0.15, 0.2) is 24.7 Å². The number of halogens is 3. The Morgan fingerprint density at radius 3 is 2.37 bits per heavy atom. The third-order valence-electron chi connectivity index (χ3n) is 5.43. The molecule has 2 fully saturated rings. The van der Waals surface area contributed by atoms with E-state index in [0.29, 0.717) is 17.8 Å². The van der Waals surface area contributed by atoms with Gasteiger partial charge in [-0.15, -0.1) is 0 Å². The third-order valence-corrected chi connectivity index (χ3v) is 5.43. The van der Waals surface area contributed by atoms with E-state index in [9.17, 15) is 13.2 Å². The summed E-state index contributed by atoms with van der Waals surface area (Å²) in [6.45, 7) is 1.54. The molecule has 1 saturated heterocycles. The lowest BCUT2D eigenvalue weighted by Gasteiger charge is -2.35. The molecule has 1 aliphatic carbocycles. The monoisotopic (exact) mass is 380 g/mol. The minimum absolute atomic E-state index is 0.221. The van der Waals surface area contributed by atoms with E-state index in [4.69, 9.17) is 0 Å². The molecule has 6 nitrogen and oxygen atoms in total. The molecule has 2 aliphatic rings. The Balaban J connectivity index is 1.35. The zero-order valence-electron chi connectivity index (χ0n) is 15.2. The smallest absolute Gasteiger partial charge is 0.357 e. The van der Waals surface area contributed by atoms with Crippen LogP contribution in [-0.4, -0.2) is 38.9 Å². The van der Waals surface area contributed by atoms with Crippen molar-refractivity contribution in [2.45, 2.75) is 43.9 Å². The fraction of sp³-hybridized carbons (Fsp3) is 0.611. The molecule has 0 aromatic carbocycles. The number of pyridine rings is 1. The molecule has 9 heteroatoms. The Bertz CT molecular complexity index is 760. The van der Waals surface area contributed by atoms with Gasteiger partial charge < -0.3 is 10.2 Å². The predicted molar refractivity (Wildman–Crippen MR) is 94.1 cm³/mol.